The second-order valence-corrected chi connectivity index (χ2v) is 8.76. The van der Waals surface area contributed by atoms with E-state index in [2.05, 4.69) is 47.0 Å². The van der Waals surface area contributed by atoms with Crippen LogP contribution in [0.1, 0.15) is 58.3 Å². The number of hydrogen-bond donors (Lipinski definition) is 2. The minimum absolute atomic E-state index is 0.219. The van der Waals surface area contributed by atoms with E-state index in [0.717, 1.165) is 70.1 Å². The van der Waals surface area contributed by atoms with Gasteiger partial charge < -0.3 is 24.8 Å². The maximum absolute atomic E-state index is 5.94. The van der Waals surface area contributed by atoms with Crippen LogP contribution in [0.5, 0.6) is 5.75 Å². The third kappa shape index (κ3) is 7.91. The average Bonchev–Trinajstić information content (AvgIpc) is 3.72. The molecule has 0 spiro atoms. The molecule has 2 saturated heterocycles. The average molecular weight is 500 g/mol. The molecule has 0 saturated carbocycles. The van der Waals surface area contributed by atoms with Gasteiger partial charge in [0.15, 0.2) is 11.6 Å². The summed E-state index contributed by atoms with van der Waals surface area (Å²) in [6.07, 6.45) is 12.2. The quantitative estimate of drug-likeness (QED) is 0.498. The Hall–Kier alpha value is -3.21. The summed E-state index contributed by atoms with van der Waals surface area (Å²) in [6, 6.07) is 0.855. The van der Waals surface area contributed by atoms with Crippen molar-refractivity contribution in [3.05, 3.63) is 36.2 Å². The van der Waals surface area contributed by atoms with Crippen LogP contribution in [0.2, 0.25) is 0 Å². The lowest BCUT2D eigenvalue weighted by Crippen LogP contribution is -2.35. The molecule has 5 heterocycles. The Balaban J connectivity index is 0.000000342. The zero-order valence-corrected chi connectivity index (χ0v) is 22.1. The number of aromatic amines is 1. The van der Waals surface area contributed by atoms with E-state index >= 15 is 0 Å². The highest BCUT2D eigenvalue weighted by Crippen LogP contribution is 2.23. The molecule has 0 bridgehead atoms. The fraction of sp³-hybridized carbons (Fsp3) is 0.640. The fourth-order valence-corrected chi connectivity index (χ4v) is 4.01. The number of nitrogens with one attached hydrogen (secondary N) is 1. The summed E-state index contributed by atoms with van der Waals surface area (Å²) in [5.41, 5.74) is 7.20. The Morgan fingerprint density at radius 3 is 2.28 bits per heavy atom. The number of nitrogens with two attached hydrogens (primary N) is 1. The van der Waals surface area contributed by atoms with Gasteiger partial charge in [-0.25, -0.2) is 9.97 Å². The van der Waals surface area contributed by atoms with E-state index in [1.165, 1.54) is 5.56 Å². The monoisotopic (exact) mass is 499 g/mol. The van der Waals surface area contributed by atoms with Crippen molar-refractivity contribution in [2.75, 3.05) is 42.6 Å². The second-order valence-electron chi connectivity index (χ2n) is 8.76. The number of anilines is 2. The Bertz CT molecular complexity index is 970. The van der Waals surface area contributed by atoms with Crippen LogP contribution in [0.3, 0.4) is 0 Å². The van der Waals surface area contributed by atoms with Gasteiger partial charge in [-0.05, 0) is 37.2 Å². The minimum Gasteiger partial charge on any atom is -0.490 e. The molecule has 3 aromatic heterocycles. The van der Waals surface area contributed by atoms with Gasteiger partial charge in [0.05, 0.1) is 25.2 Å². The summed E-state index contributed by atoms with van der Waals surface area (Å²) in [5.74, 6) is 2.71. The van der Waals surface area contributed by atoms with Crippen LogP contribution >= 0.6 is 0 Å². The van der Waals surface area contributed by atoms with E-state index in [4.69, 9.17) is 15.0 Å². The number of rotatable bonds is 7. The molecule has 11 nitrogen and oxygen atoms in total. The van der Waals surface area contributed by atoms with Crippen LogP contribution in [0.25, 0.3) is 0 Å². The summed E-state index contributed by atoms with van der Waals surface area (Å²) >= 11 is 0. The van der Waals surface area contributed by atoms with Gasteiger partial charge in [0.25, 0.3) is 0 Å². The number of ether oxygens (including phenoxy) is 1. The van der Waals surface area contributed by atoms with E-state index in [0.29, 0.717) is 24.3 Å². The molecule has 2 aliphatic rings. The summed E-state index contributed by atoms with van der Waals surface area (Å²) < 4.78 is 11.2. The van der Waals surface area contributed by atoms with Crippen molar-refractivity contribution in [3.8, 4) is 5.75 Å². The summed E-state index contributed by atoms with van der Waals surface area (Å²) in [4.78, 5) is 17.5. The molecule has 3 aromatic rings. The summed E-state index contributed by atoms with van der Waals surface area (Å²) in [7, 11) is 0. The van der Waals surface area contributed by atoms with Crippen LogP contribution in [0.4, 0.5) is 12.0 Å². The Labute approximate surface area is 213 Å². The minimum atomic E-state index is 0.219. The van der Waals surface area contributed by atoms with E-state index in [1.54, 1.807) is 12.4 Å². The molecule has 0 aliphatic carbocycles. The third-order valence-electron chi connectivity index (χ3n) is 6.23. The molecule has 0 amide bonds. The maximum Gasteiger partial charge on any atom is 0.324 e. The molecule has 2 aliphatic heterocycles. The second kappa shape index (κ2) is 14.4. The smallest absolute Gasteiger partial charge is 0.324 e. The van der Waals surface area contributed by atoms with Gasteiger partial charge in [-0.2, -0.15) is 10.1 Å². The van der Waals surface area contributed by atoms with Gasteiger partial charge in [0.2, 0.25) is 5.95 Å². The molecule has 1 atom stereocenters. The van der Waals surface area contributed by atoms with Crippen molar-refractivity contribution in [2.24, 2.45) is 11.7 Å². The fourth-order valence-electron chi connectivity index (χ4n) is 4.01. The third-order valence-corrected chi connectivity index (χ3v) is 6.23. The summed E-state index contributed by atoms with van der Waals surface area (Å²) in [5, 5.41) is 10.5. The van der Waals surface area contributed by atoms with E-state index in [1.807, 2.05) is 33.2 Å². The van der Waals surface area contributed by atoms with Crippen molar-refractivity contribution >= 4 is 12.0 Å². The number of hydrogen-bond acceptors (Lipinski definition) is 10. The standard InChI is InChI=1S/C18H27N7O2.C5H8N2.C2H6/c1-2-16-22-18(27-23-16)24-6-3-13(4-7-24)12-26-15-9-20-17(21-10-15)25-8-5-14(19)11-25;1-2-5-3-6-7-4-5;1-2/h9-10,13-14H,2-8,11-12,19H2,1H3;3-4H,2H2,1H3,(H,6,7);1-2H3. The van der Waals surface area contributed by atoms with Crippen molar-refractivity contribution in [1.29, 1.82) is 0 Å². The zero-order valence-electron chi connectivity index (χ0n) is 22.1. The predicted octanol–water partition coefficient (Wildman–Crippen LogP) is 3.25. The van der Waals surface area contributed by atoms with Crippen LogP contribution in [0, 0.1) is 5.92 Å². The number of piperidine rings is 1. The number of aromatic nitrogens is 6. The van der Waals surface area contributed by atoms with Crippen LogP contribution in [-0.4, -0.2) is 69.1 Å². The van der Waals surface area contributed by atoms with E-state index < -0.39 is 0 Å². The van der Waals surface area contributed by atoms with Crippen LogP contribution in [-0.2, 0) is 12.8 Å². The first kappa shape index (κ1) is 27.4. The van der Waals surface area contributed by atoms with Gasteiger partial charge in [0, 0.05) is 44.8 Å². The van der Waals surface area contributed by atoms with Crippen molar-refractivity contribution in [2.45, 2.75) is 65.8 Å². The van der Waals surface area contributed by atoms with Crippen LogP contribution < -0.4 is 20.3 Å². The Morgan fingerprint density at radius 2 is 1.75 bits per heavy atom. The molecule has 1 unspecified atom stereocenters. The van der Waals surface area contributed by atoms with Gasteiger partial charge in [-0.15, -0.1) is 0 Å². The lowest BCUT2D eigenvalue weighted by molar-refractivity contribution is 0.219. The van der Waals surface area contributed by atoms with Crippen molar-refractivity contribution in [1.82, 2.24) is 30.3 Å². The zero-order chi connectivity index (χ0) is 25.8. The lowest BCUT2D eigenvalue weighted by atomic mass is 9.98. The lowest BCUT2D eigenvalue weighted by Gasteiger charge is -2.30. The first-order valence-corrected chi connectivity index (χ1v) is 13.1. The molecule has 0 aromatic carbocycles. The summed E-state index contributed by atoms with van der Waals surface area (Å²) in [6.45, 7) is 12.3. The van der Waals surface area contributed by atoms with Gasteiger partial charge >= 0.3 is 6.01 Å². The molecule has 36 heavy (non-hydrogen) atoms. The normalized spacial score (nSPS) is 17.8. The number of aryl methyl sites for hydroxylation is 2. The highest BCUT2D eigenvalue weighted by Gasteiger charge is 2.24. The van der Waals surface area contributed by atoms with Crippen molar-refractivity contribution < 1.29 is 9.26 Å². The Morgan fingerprint density at radius 1 is 1.03 bits per heavy atom. The highest BCUT2D eigenvalue weighted by atomic mass is 16.5. The van der Waals surface area contributed by atoms with Crippen LogP contribution in [0.15, 0.2) is 29.3 Å². The molecule has 11 heteroatoms. The van der Waals surface area contributed by atoms with Gasteiger partial charge in [0.1, 0.15) is 0 Å². The van der Waals surface area contributed by atoms with E-state index in [-0.39, 0.29) is 6.04 Å². The molecular formula is C25H41N9O2. The SMILES string of the molecule is CC.CCc1cn[nH]c1.CCc1noc(N2CCC(COc3cnc(N4CCC(N)C4)nc3)CC2)n1. The van der Waals surface area contributed by atoms with E-state index in [9.17, 15) is 0 Å². The van der Waals surface area contributed by atoms with Gasteiger partial charge in [-0.1, -0.05) is 32.9 Å². The molecule has 198 valence electrons. The number of nitrogens with zero attached hydrogens (tertiary/aromatic N) is 7. The van der Waals surface area contributed by atoms with Crippen molar-refractivity contribution in [3.63, 3.8) is 0 Å². The number of H-pyrrole nitrogens is 1. The molecule has 5 rings (SSSR count). The maximum atomic E-state index is 5.94. The first-order valence-electron chi connectivity index (χ1n) is 13.1. The molecular weight excluding hydrogens is 458 g/mol. The largest absolute Gasteiger partial charge is 0.490 e. The molecule has 0 radical (unpaired) electrons. The first-order chi connectivity index (χ1) is 17.6. The molecule has 3 N–H and O–H groups in total. The highest BCUT2D eigenvalue weighted by molar-refractivity contribution is 5.33. The predicted molar refractivity (Wildman–Crippen MR) is 140 cm³/mol. The Kier molecular flexibility index (Phi) is 10.9. The van der Waals surface area contributed by atoms with Gasteiger partial charge in [-0.3, -0.25) is 5.10 Å². The topological polar surface area (TPSA) is 135 Å². The molecule has 2 fully saturated rings.